The predicted octanol–water partition coefficient (Wildman–Crippen LogP) is 3.40. The molecule has 8 heteroatoms. The number of fused-ring (bicyclic) bond motifs is 1. The summed E-state index contributed by atoms with van der Waals surface area (Å²) in [4.78, 5) is 24.0. The van der Waals surface area contributed by atoms with Crippen LogP contribution in [0.4, 0.5) is 0 Å². The van der Waals surface area contributed by atoms with Gasteiger partial charge in [-0.05, 0) is 36.6 Å². The van der Waals surface area contributed by atoms with Crippen molar-refractivity contribution in [1.29, 1.82) is 5.26 Å². The Bertz CT molecular complexity index is 840. The van der Waals surface area contributed by atoms with Crippen LogP contribution < -0.4 is 14.8 Å². The first kappa shape index (κ1) is 21.0. The average molecular weight is 419 g/mol. The molecule has 1 amide bonds. The maximum atomic E-state index is 12.1. The summed E-state index contributed by atoms with van der Waals surface area (Å²) in [6.07, 6.45) is 7.59. The zero-order chi connectivity index (χ0) is 20.7. The summed E-state index contributed by atoms with van der Waals surface area (Å²) < 4.78 is 16.2. The molecule has 2 aliphatic rings. The summed E-state index contributed by atoms with van der Waals surface area (Å²) >= 11 is 6.22. The van der Waals surface area contributed by atoms with Crippen LogP contribution in [0.5, 0.6) is 11.5 Å². The number of ether oxygens (including phenoxy) is 3. The quantitative estimate of drug-likeness (QED) is 0.581. The first-order chi connectivity index (χ1) is 14.0. The van der Waals surface area contributed by atoms with Gasteiger partial charge in [-0.3, -0.25) is 4.79 Å². The van der Waals surface area contributed by atoms with E-state index in [0.29, 0.717) is 48.1 Å². The first-order valence-corrected chi connectivity index (χ1v) is 10.1. The summed E-state index contributed by atoms with van der Waals surface area (Å²) in [5, 5.41) is 12.5. The Morgan fingerprint density at radius 1 is 1.21 bits per heavy atom. The lowest BCUT2D eigenvalue weighted by Gasteiger charge is -2.31. The third-order valence-electron chi connectivity index (χ3n) is 4.88. The average Bonchev–Trinajstić information content (AvgIpc) is 2.97. The highest BCUT2D eigenvalue weighted by atomic mass is 35.5. The van der Waals surface area contributed by atoms with Gasteiger partial charge in [0, 0.05) is 12.5 Å². The number of halogens is 1. The van der Waals surface area contributed by atoms with Gasteiger partial charge in [0.2, 0.25) is 0 Å². The highest BCUT2D eigenvalue weighted by Gasteiger charge is 2.33. The fourth-order valence-electron chi connectivity index (χ4n) is 3.42. The van der Waals surface area contributed by atoms with Gasteiger partial charge in [-0.15, -0.1) is 0 Å². The molecule has 0 atom stereocenters. The van der Waals surface area contributed by atoms with Crippen molar-refractivity contribution in [1.82, 2.24) is 5.32 Å². The van der Waals surface area contributed by atoms with E-state index in [0.717, 1.165) is 25.7 Å². The number of nitrogens with one attached hydrogen (secondary N) is 1. The number of amides is 1. The van der Waals surface area contributed by atoms with E-state index >= 15 is 0 Å². The summed E-state index contributed by atoms with van der Waals surface area (Å²) in [5.41, 5.74) is -0.204. The van der Waals surface area contributed by atoms with E-state index in [4.69, 9.17) is 25.8 Å². The van der Waals surface area contributed by atoms with Gasteiger partial charge in [0.1, 0.15) is 5.54 Å². The highest BCUT2D eigenvalue weighted by Crippen LogP contribution is 2.38. The number of hydrogen-bond acceptors (Lipinski definition) is 6. The molecule has 0 bridgehead atoms. The Morgan fingerprint density at radius 3 is 2.72 bits per heavy atom. The zero-order valence-corrected chi connectivity index (χ0v) is 16.8. The second-order valence-corrected chi connectivity index (χ2v) is 7.53. The third kappa shape index (κ3) is 5.64. The number of nitrogens with zero attached hydrogens (tertiary/aromatic N) is 1. The number of hydrogen-bond donors (Lipinski definition) is 1. The number of rotatable bonds is 5. The van der Waals surface area contributed by atoms with Gasteiger partial charge in [-0.25, -0.2) is 4.79 Å². The smallest absolute Gasteiger partial charge is 0.331 e. The minimum absolute atomic E-state index is 0.395. The molecule has 1 saturated carbocycles. The summed E-state index contributed by atoms with van der Waals surface area (Å²) in [6.45, 7) is 0.621. The largest absolute Gasteiger partial charge is 0.489 e. The van der Waals surface area contributed by atoms with Crippen molar-refractivity contribution in [3.05, 3.63) is 28.8 Å². The first-order valence-electron chi connectivity index (χ1n) is 9.68. The van der Waals surface area contributed by atoms with Crippen molar-refractivity contribution in [3.63, 3.8) is 0 Å². The Kier molecular flexibility index (Phi) is 6.99. The van der Waals surface area contributed by atoms with Crippen molar-refractivity contribution < 1.29 is 23.8 Å². The molecule has 1 aromatic rings. The molecule has 154 valence electrons. The van der Waals surface area contributed by atoms with Crippen LogP contribution in [0.3, 0.4) is 0 Å². The Labute approximate surface area is 174 Å². The second kappa shape index (κ2) is 9.66. The number of nitriles is 1. The van der Waals surface area contributed by atoms with Crippen LogP contribution in [-0.4, -0.2) is 37.2 Å². The molecule has 0 saturated heterocycles. The predicted molar refractivity (Wildman–Crippen MR) is 107 cm³/mol. The van der Waals surface area contributed by atoms with Gasteiger partial charge in [-0.1, -0.05) is 30.9 Å². The van der Waals surface area contributed by atoms with Gasteiger partial charge in [-0.2, -0.15) is 5.26 Å². The molecule has 0 radical (unpaired) electrons. The number of benzene rings is 1. The van der Waals surface area contributed by atoms with Gasteiger partial charge in [0.15, 0.2) is 18.1 Å². The van der Waals surface area contributed by atoms with Crippen LogP contribution in [0.2, 0.25) is 5.02 Å². The Morgan fingerprint density at radius 2 is 1.97 bits per heavy atom. The molecule has 0 aromatic heterocycles. The molecule has 1 N–H and O–H groups in total. The lowest BCUT2D eigenvalue weighted by atomic mass is 9.83. The SMILES string of the molecule is N#CC1(NC(=O)COC(=O)/C=C/c2cc(Cl)c3c(c2)OCCCO3)CCCCC1. The van der Waals surface area contributed by atoms with E-state index < -0.39 is 24.0 Å². The minimum Gasteiger partial charge on any atom is -0.489 e. The van der Waals surface area contributed by atoms with Crippen LogP contribution in [0, 0.1) is 11.3 Å². The van der Waals surface area contributed by atoms with Crippen molar-refractivity contribution >= 4 is 29.6 Å². The molecule has 1 aliphatic carbocycles. The molecule has 3 rings (SSSR count). The molecule has 1 aliphatic heterocycles. The molecular weight excluding hydrogens is 396 g/mol. The van der Waals surface area contributed by atoms with E-state index in [9.17, 15) is 14.9 Å². The molecule has 0 unspecified atom stereocenters. The fraction of sp³-hybridized carbons (Fsp3) is 0.476. The summed E-state index contributed by atoms with van der Waals surface area (Å²) in [6, 6.07) is 5.58. The van der Waals surface area contributed by atoms with Crippen LogP contribution in [0.1, 0.15) is 44.1 Å². The van der Waals surface area contributed by atoms with E-state index in [1.807, 2.05) is 0 Å². The van der Waals surface area contributed by atoms with Crippen molar-refractivity contribution in [2.24, 2.45) is 0 Å². The van der Waals surface area contributed by atoms with E-state index in [1.165, 1.54) is 12.2 Å². The standard InChI is InChI=1S/C21H23ClN2O5/c22-16-11-15(12-17-20(16)28-10-4-9-27-17)5-6-19(26)29-13-18(25)24-21(14-23)7-2-1-3-8-21/h5-6,11-12H,1-4,7-10,13H2,(H,24,25)/b6-5+. The van der Waals surface area contributed by atoms with Gasteiger partial charge < -0.3 is 19.5 Å². The molecule has 7 nitrogen and oxygen atoms in total. The summed E-state index contributed by atoms with van der Waals surface area (Å²) in [5.74, 6) is -0.127. The number of esters is 1. The van der Waals surface area contributed by atoms with Crippen molar-refractivity contribution in [2.75, 3.05) is 19.8 Å². The van der Waals surface area contributed by atoms with Gasteiger partial charge >= 0.3 is 5.97 Å². The monoisotopic (exact) mass is 418 g/mol. The Balaban J connectivity index is 1.53. The second-order valence-electron chi connectivity index (χ2n) is 7.12. The molecule has 1 aromatic carbocycles. The third-order valence-corrected chi connectivity index (χ3v) is 5.16. The van der Waals surface area contributed by atoms with E-state index in [1.54, 1.807) is 12.1 Å². The highest BCUT2D eigenvalue weighted by molar-refractivity contribution is 6.32. The molecule has 1 heterocycles. The topological polar surface area (TPSA) is 97.7 Å². The molecule has 29 heavy (non-hydrogen) atoms. The van der Waals surface area contributed by atoms with Crippen LogP contribution >= 0.6 is 11.6 Å². The maximum absolute atomic E-state index is 12.1. The van der Waals surface area contributed by atoms with Crippen LogP contribution in [0.25, 0.3) is 6.08 Å². The van der Waals surface area contributed by atoms with Gasteiger partial charge in [0.25, 0.3) is 5.91 Å². The minimum atomic E-state index is -0.849. The van der Waals surface area contributed by atoms with Crippen molar-refractivity contribution in [3.8, 4) is 17.6 Å². The normalized spacial score (nSPS) is 17.8. The van der Waals surface area contributed by atoms with E-state index in [2.05, 4.69) is 11.4 Å². The summed E-state index contributed by atoms with van der Waals surface area (Å²) in [7, 11) is 0. The molecular formula is C21H23ClN2O5. The van der Waals surface area contributed by atoms with Gasteiger partial charge in [0.05, 0.1) is 24.3 Å². The van der Waals surface area contributed by atoms with E-state index in [-0.39, 0.29) is 0 Å². The lowest BCUT2D eigenvalue weighted by Crippen LogP contribution is -2.49. The van der Waals surface area contributed by atoms with Crippen LogP contribution in [-0.2, 0) is 14.3 Å². The van der Waals surface area contributed by atoms with Crippen LogP contribution in [0.15, 0.2) is 18.2 Å². The van der Waals surface area contributed by atoms with Crippen molar-refractivity contribution in [2.45, 2.75) is 44.1 Å². The number of carbonyl (C=O) groups is 2. The Hall–Kier alpha value is -2.72. The lowest BCUT2D eigenvalue weighted by molar-refractivity contribution is -0.144. The fourth-order valence-corrected chi connectivity index (χ4v) is 3.69. The maximum Gasteiger partial charge on any atom is 0.331 e. The molecule has 0 spiro atoms. The number of carbonyl (C=O) groups excluding carboxylic acids is 2. The molecule has 1 fully saturated rings. The zero-order valence-electron chi connectivity index (χ0n) is 16.0.